The van der Waals surface area contributed by atoms with E-state index in [0.29, 0.717) is 19.0 Å². The van der Waals surface area contributed by atoms with Crippen LogP contribution in [-0.2, 0) is 19.1 Å². The van der Waals surface area contributed by atoms with E-state index in [0.717, 1.165) is 73.2 Å². The van der Waals surface area contributed by atoms with Crippen LogP contribution in [0.4, 0.5) is 9.59 Å². The summed E-state index contributed by atoms with van der Waals surface area (Å²) in [7, 11) is 2.59. The quantitative estimate of drug-likeness (QED) is 0.103. The van der Waals surface area contributed by atoms with E-state index in [1.54, 1.807) is 11.3 Å². The number of nitrogens with one attached hydrogen (secondary N) is 4. The Balaban J connectivity index is 1.04. The topological polar surface area (TPSA) is 175 Å². The van der Waals surface area contributed by atoms with Gasteiger partial charge in [0.25, 0.3) is 0 Å². The van der Waals surface area contributed by atoms with Gasteiger partial charge in [0.1, 0.15) is 28.6 Å². The van der Waals surface area contributed by atoms with E-state index in [4.69, 9.17) is 19.4 Å². The van der Waals surface area contributed by atoms with Crippen LogP contribution in [0.15, 0.2) is 54.7 Å². The number of fused-ring (bicyclic) bond motifs is 1. The average molecular weight is 837 g/mol. The van der Waals surface area contributed by atoms with Gasteiger partial charge < -0.3 is 39.9 Å². The number of benzene rings is 2. The van der Waals surface area contributed by atoms with Gasteiger partial charge in [0.05, 0.1) is 43.7 Å². The Morgan fingerprint density at radius 1 is 0.750 bits per heavy atom. The van der Waals surface area contributed by atoms with Gasteiger partial charge in [-0.25, -0.2) is 19.6 Å². The number of carbonyl (C=O) groups is 4. The molecular formula is C45H56N8O6S. The molecule has 0 unspecified atom stereocenters. The number of rotatable bonds is 11. The summed E-state index contributed by atoms with van der Waals surface area (Å²) in [5.41, 5.74) is 7.24. The number of imidazole rings is 2. The van der Waals surface area contributed by atoms with Gasteiger partial charge >= 0.3 is 12.2 Å². The maximum atomic E-state index is 13.7. The highest BCUT2D eigenvalue weighted by molar-refractivity contribution is 7.21. The molecule has 0 saturated carbocycles. The molecule has 60 heavy (non-hydrogen) atoms. The number of carbonyl (C=O) groups excluding carboxylic acids is 4. The summed E-state index contributed by atoms with van der Waals surface area (Å²) in [5, 5.41) is 5.44. The van der Waals surface area contributed by atoms with Gasteiger partial charge in [-0.3, -0.25) is 9.59 Å². The van der Waals surface area contributed by atoms with Crippen molar-refractivity contribution in [1.82, 2.24) is 40.4 Å². The fourth-order valence-electron chi connectivity index (χ4n) is 8.60. The third kappa shape index (κ3) is 8.63. The molecule has 2 aliphatic heterocycles. The van der Waals surface area contributed by atoms with Crippen molar-refractivity contribution in [3.05, 3.63) is 71.9 Å². The van der Waals surface area contributed by atoms with Crippen LogP contribution in [0.5, 0.6) is 0 Å². The molecule has 3 aromatic heterocycles. The van der Waals surface area contributed by atoms with E-state index < -0.39 is 24.3 Å². The predicted octanol–water partition coefficient (Wildman–Crippen LogP) is 8.24. The lowest BCUT2D eigenvalue weighted by atomic mass is 9.96. The molecule has 0 spiro atoms. The first-order valence-corrected chi connectivity index (χ1v) is 21.5. The van der Waals surface area contributed by atoms with E-state index in [9.17, 15) is 19.2 Å². The second-order valence-corrected chi connectivity index (χ2v) is 18.2. The number of nitrogens with zero attached hydrogens (tertiary/aromatic N) is 4. The molecule has 7 rings (SSSR count). The maximum absolute atomic E-state index is 13.7. The lowest BCUT2D eigenvalue weighted by Crippen LogP contribution is -2.51. The minimum absolute atomic E-state index is 0.108. The number of hydrogen-bond donors (Lipinski definition) is 4. The molecule has 318 valence electrons. The lowest BCUT2D eigenvalue weighted by Gasteiger charge is -2.30. The Kier molecular flexibility index (Phi) is 12.4. The highest BCUT2D eigenvalue weighted by Crippen LogP contribution is 2.40. The Labute approximate surface area is 354 Å². The van der Waals surface area contributed by atoms with Crippen molar-refractivity contribution in [2.75, 3.05) is 27.3 Å². The number of amides is 4. The normalized spacial score (nSPS) is 20.2. The molecule has 14 nitrogen and oxygen atoms in total. The number of methoxy groups -OCH3 is 2. The molecule has 5 heterocycles. The Bertz CT molecular complexity index is 2330. The SMILES string of the molecule is COC(=O)N[C@H](C(=O)N1C[C@@H](C)C[C@H]1c1ncc(-c2ccc(-c3ccc(-c4cc5[nH]c([C@@H]6C[C@H](C)CN6C(=O)[C@@H](NC(=O)OC)C(C)C)nc5s4)cc3)c(C)c2)[nH]1)C(C)C. The molecule has 0 radical (unpaired) electrons. The largest absolute Gasteiger partial charge is 0.453 e. The fourth-order valence-corrected chi connectivity index (χ4v) is 9.61. The number of thiophene rings is 1. The number of aromatic nitrogens is 4. The monoisotopic (exact) mass is 836 g/mol. The zero-order chi connectivity index (χ0) is 43.0. The van der Waals surface area contributed by atoms with Crippen LogP contribution in [-0.4, -0.2) is 93.1 Å². The van der Waals surface area contributed by atoms with Gasteiger partial charge in [-0.05, 0) is 83.4 Å². The van der Waals surface area contributed by atoms with E-state index in [1.807, 2.05) is 43.7 Å². The summed E-state index contributed by atoms with van der Waals surface area (Å²) in [6.45, 7) is 15.2. The Morgan fingerprint density at radius 2 is 1.28 bits per heavy atom. The summed E-state index contributed by atoms with van der Waals surface area (Å²) >= 11 is 1.61. The second kappa shape index (κ2) is 17.5. The van der Waals surface area contributed by atoms with Crippen LogP contribution in [0.1, 0.15) is 83.7 Å². The molecule has 2 aromatic carbocycles. The molecule has 5 aromatic rings. The number of aryl methyl sites for hydroxylation is 1. The minimum atomic E-state index is -0.699. The second-order valence-electron chi connectivity index (χ2n) is 17.2. The third-order valence-corrected chi connectivity index (χ3v) is 12.9. The molecule has 15 heteroatoms. The first kappa shape index (κ1) is 42.4. The van der Waals surface area contributed by atoms with Crippen molar-refractivity contribution in [1.29, 1.82) is 0 Å². The molecule has 0 bridgehead atoms. The Morgan fingerprint density at radius 3 is 1.80 bits per heavy atom. The summed E-state index contributed by atoms with van der Waals surface area (Å²) in [5.74, 6) is 1.57. The van der Waals surface area contributed by atoms with Crippen LogP contribution in [0, 0.1) is 30.6 Å². The Hall–Kier alpha value is -5.70. The van der Waals surface area contributed by atoms with Crippen molar-refractivity contribution < 1.29 is 28.7 Å². The van der Waals surface area contributed by atoms with Crippen molar-refractivity contribution in [2.45, 2.75) is 85.5 Å². The molecule has 2 fully saturated rings. The molecule has 6 atom stereocenters. The molecule has 2 aliphatic rings. The van der Waals surface area contributed by atoms with Crippen molar-refractivity contribution in [3.63, 3.8) is 0 Å². The van der Waals surface area contributed by atoms with E-state index in [-0.39, 0.29) is 41.7 Å². The first-order chi connectivity index (χ1) is 28.6. The highest BCUT2D eigenvalue weighted by Gasteiger charge is 2.41. The molecule has 4 amide bonds. The molecule has 4 N–H and O–H groups in total. The average Bonchev–Trinajstić information content (AvgIpc) is 4.07. The number of likely N-dealkylation sites (tertiary alicyclic amines) is 2. The van der Waals surface area contributed by atoms with Gasteiger partial charge in [0.15, 0.2) is 0 Å². The standard InChI is InChI=1S/C45H56N8O6S/c1-23(2)37(49-44(56)58-8)42(54)52-21-25(5)16-34(52)39-46-20-33(48-39)30-14-15-31(27(7)18-30)28-10-12-29(13-11-28)36-19-32-41(60-36)51-40(47-32)35-17-26(6)22-53(35)43(55)38(24(3)4)50-45(57)59-9/h10-15,18-20,23-26,34-35,37-38H,16-17,21-22H2,1-9H3,(H,46,48)(H,47,51)(H,49,56)(H,50,57)/t25-,26-,34-,35-,37-,38-/m0/s1. The smallest absolute Gasteiger partial charge is 0.407 e. The molecular weight excluding hydrogens is 781 g/mol. The van der Waals surface area contributed by atoms with Crippen LogP contribution in [0.25, 0.3) is 43.2 Å². The number of aromatic amines is 2. The lowest BCUT2D eigenvalue weighted by molar-refractivity contribution is -0.136. The summed E-state index contributed by atoms with van der Waals surface area (Å²) in [6.07, 6.45) is 2.14. The highest BCUT2D eigenvalue weighted by atomic mass is 32.1. The zero-order valence-corrected chi connectivity index (χ0v) is 36.6. The van der Waals surface area contributed by atoms with Crippen LogP contribution < -0.4 is 10.6 Å². The number of alkyl carbamates (subject to hydrolysis) is 2. The van der Waals surface area contributed by atoms with Crippen LogP contribution >= 0.6 is 11.3 Å². The van der Waals surface area contributed by atoms with Gasteiger partial charge in [-0.1, -0.05) is 77.9 Å². The van der Waals surface area contributed by atoms with Crippen LogP contribution in [0.2, 0.25) is 0 Å². The number of hydrogen-bond acceptors (Lipinski definition) is 9. The number of ether oxygens (including phenoxy) is 2. The fraction of sp³-hybridized carbons (Fsp3) is 0.467. The van der Waals surface area contributed by atoms with Crippen molar-refractivity contribution in [2.24, 2.45) is 23.7 Å². The zero-order valence-electron chi connectivity index (χ0n) is 35.8. The minimum Gasteiger partial charge on any atom is -0.453 e. The maximum Gasteiger partial charge on any atom is 0.407 e. The third-order valence-electron chi connectivity index (χ3n) is 11.8. The van der Waals surface area contributed by atoms with Gasteiger partial charge in [-0.2, -0.15) is 0 Å². The van der Waals surface area contributed by atoms with Crippen molar-refractivity contribution >= 4 is 45.7 Å². The van der Waals surface area contributed by atoms with Gasteiger partial charge in [-0.15, -0.1) is 11.3 Å². The first-order valence-electron chi connectivity index (χ1n) is 20.7. The number of H-pyrrole nitrogens is 2. The van der Waals surface area contributed by atoms with Gasteiger partial charge in [0, 0.05) is 18.0 Å². The molecule has 2 saturated heterocycles. The van der Waals surface area contributed by atoms with Gasteiger partial charge in [0.2, 0.25) is 11.8 Å². The van der Waals surface area contributed by atoms with Crippen molar-refractivity contribution in [3.8, 4) is 32.8 Å². The molecule has 0 aliphatic carbocycles. The van der Waals surface area contributed by atoms with E-state index >= 15 is 0 Å². The summed E-state index contributed by atoms with van der Waals surface area (Å²) < 4.78 is 9.58. The summed E-state index contributed by atoms with van der Waals surface area (Å²) in [6, 6.07) is 15.2. The van der Waals surface area contributed by atoms with E-state index in [2.05, 4.69) is 89.9 Å². The van der Waals surface area contributed by atoms with Crippen LogP contribution in [0.3, 0.4) is 0 Å². The summed E-state index contributed by atoms with van der Waals surface area (Å²) in [4.78, 5) is 73.9. The predicted molar refractivity (Wildman–Crippen MR) is 232 cm³/mol. The van der Waals surface area contributed by atoms with E-state index in [1.165, 1.54) is 14.2 Å².